The van der Waals surface area contributed by atoms with E-state index in [0.717, 1.165) is 6.08 Å². The van der Waals surface area contributed by atoms with Gasteiger partial charge in [-0.05, 0) is 24.3 Å². The number of primary amides is 1. The fourth-order valence-electron chi connectivity index (χ4n) is 0.831. The second-order valence-electron chi connectivity index (χ2n) is 2.44. The third-order valence-corrected chi connectivity index (χ3v) is 1.65. The molecule has 0 atom stereocenters. The largest absolute Gasteiger partial charge is 0.507 e. The van der Waals surface area contributed by atoms with Gasteiger partial charge in [0.25, 0.3) is 0 Å². The first-order valence-electron chi connectivity index (χ1n) is 3.55. The fraction of sp³-hybridized carbons (Fsp3) is 0. The summed E-state index contributed by atoms with van der Waals surface area (Å²) in [6, 6.07) is 4.54. The third kappa shape index (κ3) is 2.80. The van der Waals surface area contributed by atoms with Crippen LogP contribution in [0.15, 0.2) is 24.3 Å². The number of halogens is 1. The topological polar surface area (TPSA) is 63.3 Å². The van der Waals surface area contributed by atoms with Crippen LogP contribution in [-0.4, -0.2) is 11.0 Å². The Kier molecular flexibility index (Phi) is 2.93. The summed E-state index contributed by atoms with van der Waals surface area (Å²) in [4.78, 5) is 10.4. The predicted octanol–water partition coefficient (Wildman–Crippen LogP) is 1.54. The summed E-state index contributed by atoms with van der Waals surface area (Å²) in [5.74, 6) is -0.513. The van der Waals surface area contributed by atoms with Crippen LogP contribution in [0.1, 0.15) is 5.56 Å². The van der Waals surface area contributed by atoms with Crippen LogP contribution in [0.3, 0.4) is 0 Å². The minimum Gasteiger partial charge on any atom is -0.507 e. The van der Waals surface area contributed by atoms with Gasteiger partial charge in [0.1, 0.15) is 5.75 Å². The minimum atomic E-state index is -0.570. The molecule has 4 heteroatoms. The molecule has 0 fully saturated rings. The number of phenolic OH excluding ortho intramolecular Hbond substituents is 1. The fourth-order valence-corrected chi connectivity index (χ4v) is 1.01. The Morgan fingerprint density at radius 3 is 2.85 bits per heavy atom. The molecule has 0 aliphatic heterocycles. The number of benzene rings is 1. The van der Waals surface area contributed by atoms with Gasteiger partial charge in [0.05, 0.1) is 0 Å². The molecular formula is C9H8ClNO2. The Labute approximate surface area is 80.4 Å². The molecule has 0 aliphatic rings. The number of carbonyl (C=O) groups excluding carboxylic acids is 1. The molecule has 0 radical (unpaired) electrons. The average Bonchev–Trinajstić information content (AvgIpc) is 2.06. The van der Waals surface area contributed by atoms with Crippen LogP contribution in [0.5, 0.6) is 5.75 Å². The molecule has 0 bridgehead atoms. The molecule has 13 heavy (non-hydrogen) atoms. The van der Waals surface area contributed by atoms with Crippen LogP contribution in [0.2, 0.25) is 5.02 Å². The first-order valence-corrected chi connectivity index (χ1v) is 3.93. The maximum Gasteiger partial charge on any atom is 0.241 e. The summed E-state index contributed by atoms with van der Waals surface area (Å²) < 4.78 is 0. The number of rotatable bonds is 2. The van der Waals surface area contributed by atoms with Crippen LogP contribution in [0, 0.1) is 0 Å². The first kappa shape index (κ1) is 9.61. The van der Waals surface area contributed by atoms with Gasteiger partial charge >= 0.3 is 0 Å². The van der Waals surface area contributed by atoms with E-state index in [0.29, 0.717) is 10.6 Å². The SMILES string of the molecule is NC(=O)C=Cc1cc(Cl)ccc1O. The van der Waals surface area contributed by atoms with Crippen molar-refractivity contribution >= 4 is 23.6 Å². The summed E-state index contributed by atoms with van der Waals surface area (Å²) in [7, 11) is 0. The van der Waals surface area contributed by atoms with Gasteiger partial charge in [-0.15, -0.1) is 0 Å². The van der Waals surface area contributed by atoms with E-state index in [9.17, 15) is 9.90 Å². The highest BCUT2D eigenvalue weighted by atomic mass is 35.5. The van der Waals surface area contributed by atoms with E-state index in [-0.39, 0.29) is 5.75 Å². The lowest BCUT2D eigenvalue weighted by Crippen LogP contribution is -2.05. The molecule has 0 aliphatic carbocycles. The lowest BCUT2D eigenvalue weighted by atomic mass is 10.2. The van der Waals surface area contributed by atoms with E-state index in [1.165, 1.54) is 18.2 Å². The quantitative estimate of drug-likeness (QED) is 0.707. The number of amides is 1. The number of phenols is 1. The average molecular weight is 198 g/mol. The summed E-state index contributed by atoms with van der Waals surface area (Å²) in [6.45, 7) is 0. The normalized spacial score (nSPS) is 10.5. The lowest BCUT2D eigenvalue weighted by molar-refractivity contribution is -0.113. The van der Waals surface area contributed by atoms with E-state index in [1.54, 1.807) is 6.07 Å². The molecule has 0 aromatic heterocycles. The van der Waals surface area contributed by atoms with Gasteiger partial charge in [-0.1, -0.05) is 11.6 Å². The lowest BCUT2D eigenvalue weighted by Gasteiger charge is -1.98. The van der Waals surface area contributed by atoms with Crippen molar-refractivity contribution in [2.45, 2.75) is 0 Å². The van der Waals surface area contributed by atoms with Crippen molar-refractivity contribution in [1.29, 1.82) is 0 Å². The van der Waals surface area contributed by atoms with Crippen molar-refractivity contribution < 1.29 is 9.90 Å². The van der Waals surface area contributed by atoms with Crippen LogP contribution >= 0.6 is 11.6 Å². The zero-order chi connectivity index (χ0) is 9.84. The Morgan fingerprint density at radius 2 is 2.23 bits per heavy atom. The van der Waals surface area contributed by atoms with Crippen molar-refractivity contribution in [1.82, 2.24) is 0 Å². The summed E-state index contributed by atoms with van der Waals surface area (Å²) in [6.07, 6.45) is 2.56. The van der Waals surface area contributed by atoms with Crippen LogP contribution in [0.25, 0.3) is 6.08 Å². The first-order chi connectivity index (χ1) is 6.09. The number of hydrogen-bond acceptors (Lipinski definition) is 2. The summed E-state index contributed by atoms with van der Waals surface area (Å²) >= 11 is 5.67. The van der Waals surface area contributed by atoms with Gasteiger partial charge in [0, 0.05) is 16.7 Å². The van der Waals surface area contributed by atoms with E-state index in [4.69, 9.17) is 17.3 Å². The van der Waals surface area contributed by atoms with E-state index in [1.807, 2.05) is 0 Å². The maximum absolute atomic E-state index is 10.4. The molecule has 1 amide bonds. The van der Waals surface area contributed by atoms with Crippen molar-refractivity contribution in [3.05, 3.63) is 34.9 Å². The standard InChI is InChI=1S/C9H8ClNO2/c10-7-2-3-8(12)6(5-7)1-4-9(11)13/h1-5,12H,(H2,11,13). The predicted molar refractivity (Wildman–Crippen MR) is 51.3 cm³/mol. The molecule has 0 heterocycles. The third-order valence-electron chi connectivity index (χ3n) is 1.42. The Bertz CT molecular complexity index is 361. The highest BCUT2D eigenvalue weighted by molar-refractivity contribution is 6.30. The molecule has 68 valence electrons. The molecular weight excluding hydrogens is 190 g/mol. The van der Waals surface area contributed by atoms with Crippen molar-refractivity contribution in [2.24, 2.45) is 5.73 Å². The molecule has 3 N–H and O–H groups in total. The molecule has 0 spiro atoms. The van der Waals surface area contributed by atoms with E-state index in [2.05, 4.69) is 0 Å². The van der Waals surface area contributed by atoms with Crippen LogP contribution in [0.4, 0.5) is 0 Å². The van der Waals surface area contributed by atoms with Crippen LogP contribution in [-0.2, 0) is 4.79 Å². The second kappa shape index (κ2) is 3.96. The summed E-state index contributed by atoms with van der Waals surface area (Å²) in [5.41, 5.74) is 5.35. The molecule has 1 rings (SSSR count). The Morgan fingerprint density at radius 1 is 1.54 bits per heavy atom. The van der Waals surface area contributed by atoms with E-state index < -0.39 is 5.91 Å². The number of carbonyl (C=O) groups is 1. The number of nitrogens with two attached hydrogens (primary N) is 1. The van der Waals surface area contributed by atoms with Gasteiger partial charge in [0.2, 0.25) is 5.91 Å². The highest BCUT2D eigenvalue weighted by Crippen LogP contribution is 2.22. The molecule has 3 nitrogen and oxygen atoms in total. The molecule has 1 aromatic carbocycles. The van der Waals surface area contributed by atoms with Crippen LogP contribution < -0.4 is 5.73 Å². The van der Waals surface area contributed by atoms with Gasteiger partial charge in [-0.2, -0.15) is 0 Å². The highest BCUT2D eigenvalue weighted by Gasteiger charge is 1.97. The zero-order valence-corrected chi connectivity index (χ0v) is 7.45. The monoisotopic (exact) mass is 197 g/mol. The van der Waals surface area contributed by atoms with Gasteiger partial charge in [0.15, 0.2) is 0 Å². The zero-order valence-electron chi connectivity index (χ0n) is 6.70. The second-order valence-corrected chi connectivity index (χ2v) is 2.88. The van der Waals surface area contributed by atoms with Gasteiger partial charge in [-0.25, -0.2) is 0 Å². The van der Waals surface area contributed by atoms with Crippen molar-refractivity contribution in [3.63, 3.8) is 0 Å². The molecule has 0 saturated heterocycles. The molecule has 0 saturated carbocycles. The molecule has 0 unspecified atom stereocenters. The number of aromatic hydroxyl groups is 1. The minimum absolute atomic E-state index is 0.0573. The van der Waals surface area contributed by atoms with Gasteiger partial charge < -0.3 is 10.8 Å². The Balaban J connectivity index is 3.00. The molecule has 1 aromatic rings. The summed E-state index contributed by atoms with van der Waals surface area (Å²) in [5, 5.41) is 9.77. The van der Waals surface area contributed by atoms with Crippen molar-refractivity contribution in [2.75, 3.05) is 0 Å². The maximum atomic E-state index is 10.4. The Hall–Kier alpha value is -1.48. The smallest absolute Gasteiger partial charge is 0.241 e. The van der Waals surface area contributed by atoms with Crippen molar-refractivity contribution in [3.8, 4) is 5.75 Å². The number of hydrogen-bond donors (Lipinski definition) is 2. The van der Waals surface area contributed by atoms with Gasteiger partial charge in [-0.3, -0.25) is 4.79 Å². The van der Waals surface area contributed by atoms with E-state index >= 15 is 0 Å².